The lowest BCUT2D eigenvalue weighted by Crippen LogP contribution is -2.63. The maximum atomic E-state index is 11.6. The minimum atomic E-state index is -1.27. The molecule has 6 heteroatoms. The Balaban J connectivity index is 2.89. The van der Waals surface area contributed by atoms with E-state index in [0.717, 1.165) is 0 Å². The Hall–Kier alpha value is -1.43. The van der Waals surface area contributed by atoms with Crippen LogP contribution in [0.15, 0.2) is 0 Å². The predicted molar refractivity (Wildman–Crippen MR) is 50.9 cm³/mol. The Bertz CT molecular complexity index is 280. The quantitative estimate of drug-likeness (QED) is 0.634. The van der Waals surface area contributed by atoms with Gasteiger partial charge in [-0.3, -0.25) is 20.2 Å². The van der Waals surface area contributed by atoms with Gasteiger partial charge in [-0.15, -0.1) is 0 Å². The number of rotatable bonds is 4. The molecule has 1 fully saturated rings. The molecular weight excluding hydrogens is 200 g/mol. The normalized spacial score (nSPS) is 19.7. The predicted octanol–water partition coefficient (Wildman–Crippen LogP) is -0.215. The van der Waals surface area contributed by atoms with Gasteiger partial charge in [-0.1, -0.05) is 6.92 Å². The van der Waals surface area contributed by atoms with Gasteiger partial charge in [0.2, 0.25) is 11.8 Å². The zero-order valence-electron chi connectivity index (χ0n) is 8.75. The minimum Gasteiger partial charge on any atom is -0.380 e. The van der Waals surface area contributed by atoms with E-state index in [9.17, 15) is 14.4 Å². The molecular formula is C9H14N2O4. The first-order valence-electron chi connectivity index (χ1n) is 4.81. The van der Waals surface area contributed by atoms with Gasteiger partial charge in [-0.2, -0.15) is 0 Å². The van der Waals surface area contributed by atoms with Crippen LogP contribution in [0.4, 0.5) is 4.79 Å². The van der Waals surface area contributed by atoms with E-state index in [0.29, 0.717) is 6.61 Å². The molecule has 84 valence electrons. The van der Waals surface area contributed by atoms with E-state index < -0.39 is 23.3 Å². The van der Waals surface area contributed by atoms with Crippen LogP contribution in [0, 0.1) is 5.41 Å². The van der Waals surface area contributed by atoms with Crippen molar-refractivity contribution in [2.45, 2.75) is 20.3 Å². The summed E-state index contributed by atoms with van der Waals surface area (Å²) < 4.78 is 5.11. The van der Waals surface area contributed by atoms with Gasteiger partial charge in [-0.25, -0.2) is 4.79 Å². The highest BCUT2D eigenvalue weighted by Gasteiger charge is 2.49. The molecule has 4 amide bonds. The standard InChI is InChI=1S/C9H14N2O4/c1-3-9(5-15-4-2)6(12)10-8(14)11-7(9)13/h3-5H2,1-2H3,(H2,10,11,12,13,14). The van der Waals surface area contributed by atoms with Crippen LogP contribution in [0.1, 0.15) is 20.3 Å². The second-order valence-electron chi connectivity index (χ2n) is 3.31. The summed E-state index contributed by atoms with van der Waals surface area (Å²) in [5.41, 5.74) is -1.27. The van der Waals surface area contributed by atoms with Gasteiger partial charge in [0, 0.05) is 6.61 Å². The van der Waals surface area contributed by atoms with Crippen molar-refractivity contribution in [3.63, 3.8) is 0 Å². The first-order chi connectivity index (χ1) is 7.06. The number of hydrogen-bond acceptors (Lipinski definition) is 4. The molecule has 0 atom stereocenters. The molecule has 0 aromatic heterocycles. The molecule has 0 aromatic carbocycles. The molecule has 6 nitrogen and oxygen atoms in total. The summed E-state index contributed by atoms with van der Waals surface area (Å²) >= 11 is 0. The van der Waals surface area contributed by atoms with Crippen LogP contribution in [0.2, 0.25) is 0 Å². The Labute approximate surface area is 87.4 Å². The van der Waals surface area contributed by atoms with Gasteiger partial charge < -0.3 is 4.74 Å². The van der Waals surface area contributed by atoms with Crippen molar-refractivity contribution in [2.75, 3.05) is 13.2 Å². The van der Waals surface area contributed by atoms with Gasteiger partial charge in [0.25, 0.3) is 0 Å². The van der Waals surface area contributed by atoms with Crippen LogP contribution < -0.4 is 10.6 Å². The number of amides is 4. The largest absolute Gasteiger partial charge is 0.380 e. The molecule has 1 aliphatic heterocycles. The van der Waals surface area contributed by atoms with Crippen molar-refractivity contribution in [1.82, 2.24) is 10.6 Å². The lowest BCUT2D eigenvalue weighted by Gasteiger charge is -2.32. The monoisotopic (exact) mass is 214 g/mol. The summed E-state index contributed by atoms with van der Waals surface area (Å²) in [6, 6.07) is -0.773. The first kappa shape index (κ1) is 11.6. The van der Waals surface area contributed by atoms with Crippen LogP contribution in [-0.4, -0.2) is 31.1 Å². The summed E-state index contributed by atoms with van der Waals surface area (Å²) in [5.74, 6) is -1.18. The number of barbiturate groups is 1. The minimum absolute atomic E-state index is 0.00898. The van der Waals surface area contributed by atoms with Gasteiger partial charge in [0.1, 0.15) is 0 Å². The van der Waals surface area contributed by atoms with Crippen molar-refractivity contribution in [2.24, 2.45) is 5.41 Å². The smallest absolute Gasteiger partial charge is 0.328 e. The first-order valence-corrected chi connectivity index (χ1v) is 4.81. The summed E-state index contributed by atoms with van der Waals surface area (Å²) in [7, 11) is 0. The molecule has 1 heterocycles. The van der Waals surface area contributed by atoms with Crippen molar-refractivity contribution in [3.05, 3.63) is 0 Å². The van der Waals surface area contributed by atoms with Crippen molar-refractivity contribution in [3.8, 4) is 0 Å². The second kappa shape index (κ2) is 4.39. The molecule has 0 aliphatic carbocycles. The lowest BCUT2D eigenvalue weighted by atomic mass is 9.82. The van der Waals surface area contributed by atoms with E-state index in [-0.39, 0.29) is 13.0 Å². The molecule has 1 rings (SSSR count). The van der Waals surface area contributed by atoms with E-state index in [1.54, 1.807) is 13.8 Å². The van der Waals surface area contributed by atoms with Gasteiger partial charge in [0.05, 0.1) is 6.61 Å². The van der Waals surface area contributed by atoms with E-state index in [2.05, 4.69) is 10.6 Å². The SMILES string of the molecule is CCOCC1(CC)C(=O)NC(=O)NC1=O. The lowest BCUT2D eigenvalue weighted by molar-refractivity contribution is -0.149. The van der Waals surface area contributed by atoms with E-state index in [1.165, 1.54) is 0 Å². The van der Waals surface area contributed by atoms with Crippen LogP contribution in [0.25, 0.3) is 0 Å². The zero-order valence-corrected chi connectivity index (χ0v) is 8.75. The van der Waals surface area contributed by atoms with E-state index >= 15 is 0 Å². The Morgan fingerprint density at radius 2 is 1.67 bits per heavy atom. The molecule has 1 aliphatic rings. The number of ether oxygens (including phenoxy) is 1. The third-order valence-corrected chi connectivity index (χ3v) is 2.48. The third-order valence-electron chi connectivity index (χ3n) is 2.48. The Morgan fingerprint density at radius 3 is 2.07 bits per heavy atom. The third kappa shape index (κ3) is 1.99. The number of carbonyl (C=O) groups is 3. The van der Waals surface area contributed by atoms with Gasteiger partial charge in [0.15, 0.2) is 5.41 Å². The summed E-state index contributed by atoms with van der Waals surface area (Å²) in [4.78, 5) is 34.1. The fraction of sp³-hybridized carbons (Fsp3) is 0.667. The molecule has 2 N–H and O–H groups in total. The van der Waals surface area contributed by atoms with Crippen molar-refractivity contribution >= 4 is 17.8 Å². The maximum Gasteiger partial charge on any atom is 0.328 e. The average molecular weight is 214 g/mol. The van der Waals surface area contributed by atoms with Gasteiger partial charge in [-0.05, 0) is 13.3 Å². The summed E-state index contributed by atoms with van der Waals surface area (Å²) in [5, 5.41) is 4.14. The molecule has 1 saturated heterocycles. The number of carbonyl (C=O) groups excluding carboxylic acids is 3. The molecule has 0 spiro atoms. The number of hydrogen-bond donors (Lipinski definition) is 2. The zero-order chi connectivity index (χ0) is 11.5. The topological polar surface area (TPSA) is 84.5 Å². The van der Waals surface area contributed by atoms with Crippen LogP contribution in [-0.2, 0) is 14.3 Å². The highest BCUT2D eigenvalue weighted by Crippen LogP contribution is 2.25. The highest BCUT2D eigenvalue weighted by atomic mass is 16.5. The fourth-order valence-corrected chi connectivity index (χ4v) is 1.41. The number of imide groups is 2. The van der Waals surface area contributed by atoms with E-state index in [4.69, 9.17) is 4.74 Å². The van der Waals surface area contributed by atoms with Gasteiger partial charge >= 0.3 is 6.03 Å². The van der Waals surface area contributed by atoms with Crippen molar-refractivity contribution < 1.29 is 19.1 Å². The van der Waals surface area contributed by atoms with Crippen LogP contribution in [0.5, 0.6) is 0 Å². The summed E-state index contributed by atoms with van der Waals surface area (Å²) in [6.45, 7) is 3.88. The molecule has 0 unspecified atom stereocenters. The fourth-order valence-electron chi connectivity index (χ4n) is 1.41. The summed E-state index contributed by atoms with van der Waals surface area (Å²) in [6.07, 6.45) is 0.290. The molecule has 0 saturated carbocycles. The molecule has 0 radical (unpaired) electrons. The van der Waals surface area contributed by atoms with Crippen LogP contribution in [0.3, 0.4) is 0 Å². The molecule has 0 bridgehead atoms. The molecule has 0 aromatic rings. The number of urea groups is 1. The highest BCUT2D eigenvalue weighted by molar-refractivity contribution is 6.19. The van der Waals surface area contributed by atoms with Crippen LogP contribution >= 0.6 is 0 Å². The Kier molecular flexibility index (Phi) is 3.41. The van der Waals surface area contributed by atoms with E-state index in [1.807, 2.05) is 0 Å². The van der Waals surface area contributed by atoms with Crippen molar-refractivity contribution in [1.29, 1.82) is 0 Å². The Morgan fingerprint density at radius 1 is 1.13 bits per heavy atom. The number of nitrogens with one attached hydrogen (secondary N) is 2. The molecule has 15 heavy (non-hydrogen) atoms. The maximum absolute atomic E-state index is 11.6. The second-order valence-corrected chi connectivity index (χ2v) is 3.31. The average Bonchev–Trinajstić information content (AvgIpc) is 2.17.